The van der Waals surface area contributed by atoms with E-state index in [1.807, 2.05) is 12.1 Å². The van der Waals surface area contributed by atoms with Crippen LogP contribution in [0.15, 0.2) is 52.4 Å². The van der Waals surface area contributed by atoms with Crippen molar-refractivity contribution < 1.29 is 4.79 Å². The number of anilines is 1. The molecule has 138 valence electrons. The van der Waals surface area contributed by atoms with Gasteiger partial charge in [-0.25, -0.2) is 4.98 Å². The molecule has 0 atom stereocenters. The molecule has 0 bridgehead atoms. The lowest BCUT2D eigenvalue weighted by Crippen LogP contribution is -2.49. The lowest BCUT2D eigenvalue weighted by atomic mass is 10.1. The summed E-state index contributed by atoms with van der Waals surface area (Å²) >= 11 is 0. The molecular formula is C19H19N5O3. The molecule has 0 radical (unpaired) electrons. The van der Waals surface area contributed by atoms with Crippen LogP contribution in [0.5, 0.6) is 0 Å². The fourth-order valence-electron chi connectivity index (χ4n) is 3.32. The third-order valence-electron chi connectivity index (χ3n) is 4.88. The first-order chi connectivity index (χ1) is 13.0. The highest BCUT2D eigenvalue weighted by Crippen LogP contribution is 2.20. The zero-order valence-electron chi connectivity index (χ0n) is 14.9. The lowest BCUT2D eigenvalue weighted by Gasteiger charge is -2.36. The van der Waals surface area contributed by atoms with E-state index in [1.165, 1.54) is 17.1 Å². The van der Waals surface area contributed by atoms with Crippen LogP contribution >= 0.6 is 0 Å². The van der Waals surface area contributed by atoms with E-state index in [2.05, 4.69) is 14.9 Å². The zero-order valence-corrected chi connectivity index (χ0v) is 14.9. The number of hydrogen-bond acceptors (Lipinski definition) is 5. The maximum Gasteiger partial charge on any atom is 0.260 e. The molecule has 1 N–H and O–H groups in total. The highest BCUT2D eigenvalue weighted by Gasteiger charge is 2.24. The van der Waals surface area contributed by atoms with Crippen molar-refractivity contribution in [2.45, 2.75) is 0 Å². The number of aromatic amines is 1. The number of pyridine rings is 1. The van der Waals surface area contributed by atoms with Crippen LogP contribution in [-0.4, -0.2) is 51.5 Å². The van der Waals surface area contributed by atoms with Crippen molar-refractivity contribution in [2.75, 3.05) is 31.1 Å². The summed E-state index contributed by atoms with van der Waals surface area (Å²) in [5, 5.41) is 0.584. The van der Waals surface area contributed by atoms with Gasteiger partial charge in [-0.1, -0.05) is 0 Å². The van der Waals surface area contributed by atoms with Gasteiger partial charge >= 0.3 is 0 Å². The standard InChI is InChI=1S/C19H19N5O3/c1-22-12-21-16-11-13(4-5-14(16)18(22)26)23-7-9-24(10-8-23)19(27)15-3-2-6-20-17(15)25/h2-6,11-12H,7-10H2,1H3,(H,20,25). The number of rotatable bonds is 2. The summed E-state index contributed by atoms with van der Waals surface area (Å²) in [4.78, 5) is 47.2. The molecule has 1 saturated heterocycles. The number of carbonyl (C=O) groups is 1. The Morgan fingerprint density at radius 3 is 2.63 bits per heavy atom. The number of piperazine rings is 1. The highest BCUT2D eigenvalue weighted by molar-refractivity contribution is 5.94. The van der Waals surface area contributed by atoms with Crippen molar-refractivity contribution in [3.63, 3.8) is 0 Å². The van der Waals surface area contributed by atoms with Gasteiger partial charge in [0.1, 0.15) is 5.56 Å². The normalized spacial score (nSPS) is 14.6. The Bertz CT molecular complexity index is 1130. The predicted octanol–water partition coefficient (Wildman–Crippen LogP) is 0.584. The van der Waals surface area contributed by atoms with E-state index < -0.39 is 0 Å². The van der Waals surface area contributed by atoms with E-state index in [1.54, 1.807) is 30.1 Å². The van der Waals surface area contributed by atoms with Gasteiger partial charge in [-0.05, 0) is 30.3 Å². The summed E-state index contributed by atoms with van der Waals surface area (Å²) < 4.78 is 1.46. The summed E-state index contributed by atoms with van der Waals surface area (Å²) in [6, 6.07) is 8.79. The first-order valence-corrected chi connectivity index (χ1v) is 8.72. The number of aromatic nitrogens is 3. The van der Waals surface area contributed by atoms with Crippen molar-refractivity contribution in [2.24, 2.45) is 7.05 Å². The van der Waals surface area contributed by atoms with Crippen LogP contribution in [-0.2, 0) is 7.05 Å². The van der Waals surface area contributed by atoms with Gasteiger partial charge in [0.05, 0.1) is 17.2 Å². The van der Waals surface area contributed by atoms with E-state index >= 15 is 0 Å². The van der Waals surface area contributed by atoms with Gasteiger partial charge in [0.2, 0.25) is 0 Å². The Balaban J connectivity index is 1.51. The Morgan fingerprint density at radius 2 is 1.89 bits per heavy atom. The van der Waals surface area contributed by atoms with Gasteiger partial charge < -0.3 is 19.4 Å². The van der Waals surface area contributed by atoms with E-state index in [9.17, 15) is 14.4 Å². The van der Waals surface area contributed by atoms with Crippen LogP contribution in [0.3, 0.4) is 0 Å². The first kappa shape index (κ1) is 17.0. The SMILES string of the molecule is Cn1cnc2cc(N3CCN(C(=O)c4ccc[nH]c4=O)CC3)ccc2c1=O. The molecule has 1 aromatic carbocycles. The maximum absolute atomic E-state index is 12.5. The lowest BCUT2D eigenvalue weighted by molar-refractivity contribution is 0.0745. The number of fused-ring (bicyclic) bond motifs is 1. The number of nitrogens with one attached hydrogen (secondary N) is 1. The third-order valence-corrected chi connectivity index (χ3v) is 4.88. The molecule has 1 aliphatic rings. The number of nitrogens with zero attached hydrogens (tertiary/aromatic N) is 4. The second-order valence-electron chi connectivity index (χ2n) is 6.55. The Labute approximate surface area is 154 Å². The molecule has 1 fully saturated rings. The zero-order chi connectivity index (χ0) is 19.0. The van der Waals surface area contributed by atoms with E-state index in [-0.39, 0.29) is 22.6 Å². The van der Waals surface area contributed by atoms with Crippen LogP contribution in [0.4, 0.5) is 5.69 Å². The molecule has 8 nitrogen and oxygen atoms in total. The smallest absolute Gasteiger partial charge is 0.260 e. The molecule has 0 unspecified atom stereocenters. The van der Waals surface area contributed by atoms with Crippen LogP contribution in [0.25, 0.3) is 10.9 Å². The van der Waals surface area contributed by atoms with E-state index in [0.29, 0.717) is 37.1 Å². The molecule has 0 saturated carbocycles. The van der Waals surface area contributed by atoms with E-state index in [4.69, 9.17) is 0 Å². The number of hydrogen-bond donors (Lipinski definition) is 1. The van der Waals surface area contributed by atoms with Gasteiger partial charge in [-0.15, -0.1) is 0 Å². The van der Waals surface area contributed by atoms with Gasteiger partial charge in [0, 0.05) is 45.1 Å². The van der Waals surface area contributed by atoms with Crippen molar-refractivity contribution in [1.82, 2.24) is 19.4 Å². The van der Waals surface area contributed by atoms with Gasteiger partial charge in [-0.3, -0.25) is 14.4 Å². The first-order valence-electron chi connectivity index (χ1n) is 8.72. The minimum Gasteiger partial charge on any atom is -0.368 e. The van der Waals surface area contributed by atoms with Crippen molar-refractivity contribution in [3.8, 4) is 0 Å². The number of aryl methyl sites for hydroxylation is 1. The van der Waals surface area contributed by atoms with Crippen LogP contribution in [0.1, 0.15) is 10.4 Å². The van der Waals surface area contributed by atoms with Crippen molar-refractivity contribution in [1.29, 1.82) is 0 Å². The summed E-state index contributed by atoms with van der Waals surface area (Å²) in [5.41, 5.74) is 1.34. The molecule has 27 heavy (non-hydrogen) atoms. The quantitative estimate of drug-likeness (QED) is 0.718. The summed E-state index contributed by atoms with van der Waals surface area (Å²) in [6.45, 7) is 2.34. The minimum absolute atomic E-state index is 0.0740. The van der Waals surface area contributed by atoms with Gasteiger partial charge in [-0.2, -0.15) is 0 Å². The molecule has 2 aromatic heterocycles. The van der Waals surface area contributed by atoms with Gasteiger partial charge in [0.25, 0.3) is 17.0 Å². The van der Waals surface area contributed by atoms with E-state index in [0.717, 1.165) is 5.69 Å². The molecule has 0 aliphatic carbocycles. The second kappa shape index (κ2) is 6.71. The minimum atomic E-state index is -0.368. The fourth-order valence-corrected chi connectivity index (χ4v) is 3.32. The number of carbonyl (C=O) groups excluding carboxylic acids is 1. The summed E-state index contributed by atoms with van der Waals surface area (Å²) in [6.07, 6.45) is 3.03. The Morgan fingerprint density at radius 1 is 1.11 bits per heavy atom. The van der Waals surface area contributed by atoms with Crippen LogP contribution in [0.2, 0.25) is 0 Å². The number of amides is 1. The molecule has 3 aromatic rings. The van der Waals surface area contributed by atoms with Crippen molar-refractivity contribution >= 4 is 22.5 Å². The Kier molecular flexibility index (Phi) is 4.23. The number of benzene rings is 1. The van der Waals surface area contributed by atoms with Gasteiger partial charge in [0.15, 0.2) is 0 Å². The molecule has 1 aliphatic heterocycles. The summed E-state index contributed by atoms with van der Waals surface area (Å²) in [7, 11) is 1.68. The highest BCUT2D eigenvalue weighted by atomic mass is 16.2. The third kappa shape index (κ3) is 3.10. The fraction of sp³-hybridized carbons (Fsp3) is 0.263. The molecule has 1 amide bonds. The van der Waals surface area contributed by atoms with Crippen molar-refractivity contribution in [3.05, 3.63) is 69.1 Å². The average molecular weight is 365 g/mol. The summed E-state index contributed by atoms with van der Waals surface area (Å²) in [5.74, 6) is -0.250. The monoisotopic (exact) mass is 365 g/mol. The predicted molar refractivity (Wildman–Crippen MR) is 102 cm³/mol. The molecule has 3 heterocycles. The largest absolute Gasteiger partial charge is 0.368 e. The van der Waals surface area contributed by atoms with Crippen LogP contribution in [0, 0.1) is 0 Å². The molecular weight excluding hydrogens is 346 g/mol. The Hall–Kier alpha value is -3.42. The second-order valence-corrected chi connectivity index (χ2v) is 6.55. The maximum atomic E-state index is 12.5. The average Bonchev–Trinajstić information content (AvgIpc) is 2.70. The molecule has 4 rings (SSSR count). The molecule has 8 heteroatoms. The van der Waals surface area contributed by atoms with Crippen LogP contribution < -0.4 is 16.0 Å². The molecule has 0 spiro atoms. The topological polar surface area (TPSA) is 91.3 Å². The number of H-pyrrole nitrogens is 1.